The van der Waals surface area contributed by atoms with Gasteiger partial charge in [0, 0.05) is 62.1 Å². The third-order valence-corrected chi connectivity index (χ3v) is 7.00. The van der Waals surface area contributed by atoms with E-state index in [1.807, 2.05) is 0 Å². The van der Waals surface area contributed by atoms with Crippen LogP contribution in [0.5, 0.6) is 5.75 Å². The first-order valence-electron chi connectivity index (χ1n) is 14.6. The Hall–Kier alpha value is -6.13. The molecule has 3 N–H and O–H groups in total. The fraction of sp³-hybridized carbons (Fsp3) is 0.323. The molecule has 3 rings (SSSR count). The molecule has 1 unspecified atom stereocenters. The molecule has 0 saturated heterocycles. The Labute approximate surface area is 274 Å². The number of nitro benzene ring substituents is 1. The Balaban J connectivity index is 1.55. The molecule has 3 atom stereocenters. The van der Waals surface area contributed by atoms with Crippen molar-refractivity contribution < 1.29 is 48.0 Å². The van der Waals surface area contributed by atoms with Gasteiger partial charge in [-0.3, -0.25) is 43.8 Å². The third kappa shape index (κ3) is 9.93. The van der Waals surface area contributed by atoms with Crippen LogP contribution in [0.1, 0.15) is 38.9 Å². The highest BCUT2D eigenvalue weighted by Gasteiger charge is 2.29. The molecule has 1 aliphatic rings. The summed E-state index contributed by atoms with van der Waals surface area (Å²) in [6, 6.07) is 8.41. The molecule has 1 aliphatic heterocycles. The number of nitrogens with zero attached hydrogens (tertiary/aromatic N) is 3. The highest BCUT2D eigenvalue weighted by atomic mass is 16.7. The first kappa shape index (κ1) is 36.3. The highest BCUT2D eigenvalue weighted by Crippen LogP contribution is 2.24. The van der Waals surface area contributed by atoms with Gasteiger partial charge in [0.05, 0.1) is 4.92 Å². The average molecular weight is 667 g/mol. The number of amides is 6. The SMILES string of the molecule is CCN(C)C(=O)C(OC(=O)Oc1ccc([N+](=O)[O-])cc1)c1ccc(NC(=O)[C@H](C)NC(=O)[C@H](C)NC(=O)CCN2C(=O)C=CC2=O)cc1. The second-order valence-corrected chi connectivity index (χ2v) is 10.5. The van der Waals surface area contributed by atoms with E-state index < -0.39 is 64.7 Å². The number of hydrogen-bond acceptors (Lipinski definition) is 11. The van der Waals surface area contributed by atoms with Crippen molar-refractivity contribution in [1.82, 2.24) is 20.4 Å². The molecular weight excluding hydrogens is 632 g/mol. The van der Waals surface area contributed by atoms with Crippen molar-refractivity contribution in [2.45, 2.75) is 45.4 Å². The monoisotopic (exact) mass is 666 g/mol. The summed E-state index contributed by atoms with van der Waals surface area (Å²) in [5, 5.41) is 18.4. The van der Waals surface area contributed by atoms with Crippen LogP contribution in [0.3, 0.4) is 0 Å². The molecule has 0 aliphatic carbocycles. The van der Waals surface area contributed by atoms with Gasteiger partial charge < -0.3 is 30.3 Å². The van der Waals surface area contributed by atoms with Crippen molar-refractivity contribution in [1.29, 1.82) is 0 Å². The number of benzene rings is 2. The zero-order chi connectivity index (χ0) is 35.5. The van der Waals surface area contributed by atoms with Crippen LogP contribution >= 0.6 is 0 Å². The van der Waals surface area contributed by atoms with Crippen LogP contribution in [0.2, 0.25) is 0 Å². The van der Waals surface area contributed by atoms with E-state index in [-0.39, 0.29) is 35.7 Å². The second kappa shape index (κ2) is 16.4. The number of nitrogens with one attached hydrogen (secondary N) is 3. The van der Waals surface area contributed by atoms with E-state index >= 15 is 0 Å². The topological polar surface area (TPSA) is 224 Å². The predicted molar refractivity (Wildman–Crippen MR) is 167 cm³/mol. The quantitative estimate of drug-likeness (QED) is 0.0863. The van der Waals surface area contributed by atoms with E-state index in [0.29, 0.717) is 6.54 Å². The van der Waals surface area contributed by atoms with Crippen molar-refractivity contribution in [3.8, 4) is 5.75 Å². The summed E-state index contributed by atoms with van der Waals surface area (Å²) in [5.41, 5.74) is 0.327. The van der Waals surface area contributed by atoms with E-state index in [2.05, 4.69) is 16.0 Å². The number of imide groups is 1. The summed E-state index contributed by atoms with van der Waals surface area (Å²) < 4.78 is 10.4. The molecule has 17 nitrogen and oxygen atoms in total. The summed E-state index contributed by atoms with van der Waals surface area (Å²) in [6.07, 6.45) is -0.665. The summed E-state index contributed by atoms with van der Waals surface area (Å²) in [6.45, 7) is 4.70. The van der Waals surface area contributed by atoms with Gasteiger partial charge in [-0.25, -0.2) is 4.79 Å². The molecule has 0 aromatic heterocycles. The molecule has 1 heterocycles. The maximum Gasteiger partial charge on any atom is 0.514 e. The molecule has 48 heavy (non-hydrogen) atoms. The average Bonchev–Trinajstić information content (AvgIpc) is 3.38. The number of non-ortho nitro benzene ring substituents is 1. The van der Waals surface area contributed by atoms with Crippen LogP contribution in [0.25, 0.3) is 0 Å². The number of hydrogen-bond donors (Lipinski definition) is 3. The van der Waals surface area contributed by atoms with E-state index in [1.165, 1.54) is 62.2 Å². The maximum absolute atomic E-state index is 13.0. The zero-order valence-corrected chi connectivity index (χ0v) is 26.5. The van der Waals surface area contributed by atoms with Gasteiger partial charge in [0.2, 0.25) is 23.8 Å². The van der Waals surface area contributed by atoms with Gasteiger partial charge in [0.25, 0.3) is 23.4 Å². The van der Waals surface area contributed by atoms with Crippen LogP contribution in [0.4, 0.5) is 16.2 Å². The number of ether oxygens (including phenoxy) is 2. The van der Waals surface area contributed by atoms with Crippen molar-refractivity contribution in [3.05, 3.63) is 76.4 Å². The van der Waals surface area contributed by atoms with E-state index in [9.17, 15) is 43.7 Å². The molecule has 2 aromatic rings. The standard InChI is InChI=1S/C31H34N6O11/c1-5-35(4)30(43)27(48-31(44)47-23-12-10-22(11-13-23)37(45)46)20-6-8-21(9-7-20)34-29(42)19(3)33-28(41)18(2)32-24(38)16-17-36-25(39)14-15-26(36)40/h6-15,18-19,27H,5,16-17H2,1-4H3,(H,32,38)(H,33,41)(H,34,42)/t18-,19-,27?/m0/s1. The number of anilines is 1. The Morgan fingerprint density at radius 3 is 2.04 bits per heavy atom. The molecule has 6 amide bonds. The van der Waals surface area contributed by atoms with Gasteiger partial charge in [-0.1, -0.05) is 12.1 Å². The van der Waals surface area contributed by atoms with Gasteiger partial charge in [-0.2, -0.15) is 0 Å². The summed E-state index contributed by atoms with van der Waals surface area (Å²) >= 11 is 0. The molecule has 0 spiro atoms. The molecular formula is C31H34N6O11. The minimum absolute atomic E-state index is 0.0395. The Morgan fingerprint density at radius 1 is 0.896 bits per heavy atom. The zero-order valence-electron chi connectivity index (χ0n) is 26.5. The number of carbonyl (C=O) groups excluding carboxylic acids is 7. The van der Waals surface area contributed by atoms with E-state index in [0.717, 1.165) is 29.2 Å². The Bertz CT molecular complexity index is 1590. The largest absolute Gasteiger partial charge is 0.514 e. The molecule has 0 fully saturated rings. The number of rotatable bonds is 14. The molecule has 0 bridgehead atoms. The summed E-state index contributed by atoms with van der Waals surface area (Å²) in [4.78, 5) is 98.8. The van der Waals surface area contributed by atoms with Gasteiger partial charge in [0.15, 0.2) is 0 Å². The third-order valence-electron chi connectivity index (χ3n) is 7.00. The van der Waals surface area contributed by atoms with Crippen molar-refractivity contribution in [2.24, 2.45) is 0 Å². The van der Waals surface area contributed by atoms with Crippen molar-refractivity contribution in [2.75, 3.05) is 25.5 Å². The van der Waals surface area contributed by atoms with Crippen LogP contribution in [-0.2, 0) is 33.5 Å². The van der Waals surface area contributed by atoms with Crippen LogP contribution in [0.15, 0.2) is 60.7 Å². The minimum Gasteiger partial charge on any atom is -0.416 e. The molecule has 254 valence electrons. The predicted octanol–water partition coefficient (Wildman–Crippen LogP) is 1.59. The van der Waals surface area contributed by atoms with Crippen LogP contribution in [0, 0.1) is 10.1 Å². The normalized spacial score (nSPS) is 14.0. The maximum atomic E-state index is 13.0. The Morgan fingerprint density at radius 2 is 1.48 bits per heavy atom. The molecule has 17 heteroatoms. The lowest BCUT2D eigenvalue weighted by molar-refractivity contribution is -0.384. The van der Waals surface area contributed by atoms with Gasteiger partial charge >= 0.3 is 6.16 Å². The van der Waals surface area contributed by atoms with Gasteiger partial charge in [-0.05, 0) is 45.0 Å². The summed E-state index contributed by atoms with van der Waals surface area (Å²) in [5.74, 6) is -3.50. The number of carbonyl (C=O) groups is 7. The number of likely N-dealkylation sites (N-methyl/N-ethyl adjacent to an activating group) is 1. The smallest absolute Gasteiger partial charge is 0.416 e. The first-order valence-corrected chi connectivity index (χ1v) is 14.6. The molecule has 0 saturated carbocycles. The van der Waals surface area contributed by atoms with Gasteiger partial charge in [-0.15, -0.1) is 0 Å². The fourth-order valence-corrected chi connectivity index (χ4v) is 4.11. The summed E-state index contributed by atoms with van der Waals surface area (Å²) in [7, 11) is 1.51. The molecule has 2 aromatic carbocycles. The van der Waals surface area contributed by atoms with Crippen molar-refractivity contribution >= 4 is 53.0 Å². The lowest BCUT2D eigenvalue weighted by Crippen LogP contribution is -2.50. The van der Waals surface area contributed by atoms with Crippen molar-refractivity contribution in [3.63, 3.8) is 0 Å². The number of nitro groups is 1. The Kier molecular flexibility index (Phi) is 12.4. The lowest BCUT2D eigenvalue weighted by Gasteiger charge is -2.23. The minimum atomic E-state index is -1.42. The second-order valence-electron chi connectivity index (χ2n) is 10.5. The van der Waals surface area contributed by atoms with E-state index in [1.54, 1.807) is 6.92 Å². The lowest BCUT2D eigenvalue weighted by atomic mass is 10.1. The van der Waals surface area contributed by atoms with Crippen LogP contribution in [-0.4, -0.2) is 88.5 Å². The first-order chi connectivity index (χ1) is 22.7. The van der Waals surface area contributed by atoms with E-state index in [4.69, 9.17) is 9.47 Å². The fourth-order valence-electron chi connectivity index (χ4n) is 4.11. The van der Waals surface area contributed by atoms with Crippen LogP contribution < -0.4 is 20.7 Å². The molecule has 0 radical (unpaired) electrons. The van der Waals surface area contributed by atoms with Gasteiger partial charge in [0.1, 0.15) is 17.8 Å². The highest BCUT2D eigenvalue weighted by molar-refractivity contribution is 6.13.